The summed E-state index contributed by atoms with van der Waals surface area (Å²) < 4.78 is 11.7. The van der Waals surface area contributed by atoms with Gasteiger partial charge in [-0.3, -0.25) is 0 Å². The Kier molecular flexibility index (Phi) is 4.90. The van der Waals surface area contributed by atoms with Crippen LogP contribution in [0.1, 0.15) is 47.0 Å². The minimum atomic E-state index is -0.238. The first-order valence-electron chi connectivity index (χ1n) is 5.97. The van der Waals surface area contributed by atoms with E-state index in [0.717, 1.165) is 25.1 Å². The molecule has 0 aromatic rings. The summed E-state index contributed by atoms with van der Waals surface area (Å²) in [6, 6.07) is 0. The molecule has 1 heterocycles. The van der Waals surface area contributed by atoms with Crippen molar-refractivity contribution in [1.29, 1.82) is 0 Å². The minimum absolute atomic E-state index is 0.207. The molecule has 0 bridgehead atoms. The van der Waals surface area contributed by atoms with Crippen LogP contribution in [0.15, 0.2) is 12.1 Å². The van der Waals surface area contributed by atoms with Gasteiger partial charge in [0.05, 0.1) is 11.2 Å². The fraction of sp³-hybridized carbons (Fsp3) is 0.833. The van der Waals surface area contributed by atoms with Crippen LogP contribution in [0.25, 0.3) is 0 Å². The molecule has 0 aliphatic carbocycles. The summed E-state index contributed by atoms with van der Waals surface area (Å²) in [5, 5.41) is 0. The van der Waals surface area contributed by atoms with Crippen molar-refractivity contribution in [3.05, 3.63) is 12.1 Å². The zero-order valence-electron chi connectivity index (χ0n) is 10.8. The highest BCUT2D eigenvalue weighted by Crippen LogP contribution is 2.36. The van der Waals surface area contributed by atoms with Crippen molar-refractivity contribution in [2.24, 2.45) is 0 Å². The van der Waals surface area contributed by atoms with Gasteiger partial charge in [-0.2, -0.15) is 0 Å². The Hall–Kier alpha value is 0.0149. The lowest BCUT2D eigenvalue weighted by atomic mass is 9.89. The maximum Gasteiger partial charge on any atom is 0.486 e. The highest BCUT2D eigenvalue weighted by Gasteiger charge is 2.49. The molecule has 0 radical (unpaired) electrons. The molecule has 0 aromatic carbocycles. The van der Waals surface area contributed by atoms with Gasteiger partial charge in [-0.1, -0.05) is 12.1 Å². The molecule has 1 fully saturated rings. The lowest BCUT2D eigenvalue weighted by Gasteiger charge is -2.32. The Morgan fingerprint density at radius 1 is 1.06 bits per heavy atom. The fourth-order valence-electron chi connectivity index (χ4n) is 1.53. The van der Waals surface area contributed by atoms with E-state index < -0.39 is 0 Å². The molecule has 0 unspecified atom stereocenters. The van der Waals surface area contributed by atoms with Crippen molar-refractivity contribution >= 4 is 18.7 Å². The molecule has 0 saturated carbocycles. The van der Waals surface area contributed by atoms with E-state index in [-0.39, 0.29) is 18.3 Å². The Morgan fingerprint density at radius 3 is 2.12 bits per heavy atom. The standard InChI is InChI=1S/C12H22BClO2/c1-11(2)12(3,4)16-13(15-11)9-7-5-6-8-10-14/h7,9H,5-6,8,10H2,1-4H3. The van der Waals surface area contributed by atoms with E-state index in [2.05, 4.69) is 33.8 Å². The molecule has 0 amide bonds. The van der Waals surface area contributed by atoms with Gasteiger partial charge in [0.1, 0.15) is 0 Å². The van der Waals surface area contributed by atoms with Gasteiger partial charge in [0, 0.05) is 5.88 Å². The van der Waals surface area contributed by atoms with Crippen LogP contribution in [0.4, 0.5) is 0 Å². The summed E-state index contributed by atoms with van der Waals surface area (Å²) in [7, 11) is -0.207. The molecule has 1 aliphatic rings. The average Bonchev–Trinajstić information content (AvgIpc) is 2.35. The molecule has 0 aromatic heterocycles. The maximum atomic E-state index is 5.84. The maximum absolute atomic E-state index is 5.84. The van der Waals surface area contributed by atoms with Gasteiger partial charge in [-0.25, -0.2) is 0 Å². The first-order chi connectivity index (χ1) is 7.39. The van der Waals surface area contributed by atoms with Crippen molar-refractivity contribution in [1.82, 2.24) is 0 Å². The molecule has 4 heteroatoms. The van der Waals surface area contributed by atoms with Gasteiger partial charge in [-0.05, 0) is 47.0 Å². The lowest BCUT2D eigenvalue weighted by molar-refractivity contribution is 0.00578. The summed E-state index contributed by atoms with van der Waals surface area (Å²) in [6.07, 6.45) is 5.35. The Bertz CT molecular complexity index is 235. The molecule has 0 atom stereocenters. The summed E-state index contributed by atoms with van der Waals surface area (Å²) >= 11 is 5.61. The normalized spacial score (nSPS) is 23.2. The average molecular weight is 245 g/mol. The van der Waals surface area contributed by atoms with E-state index >= 15 is 0 Å². The van der Waals surface area contributed by atoms with Crippen LogP contribution in [0.5, 0.6) is 0 Å². The van der Waals surface area contributed by atoms with Gasteiger partial charge < -0.3 is 9.31 Å². The largest absolute Gasteiger partial charge is 0.486 e. The monoisotopic (exact) mass is 244 g/mol. The fourth-order valence-corrected chi connectivity index (χ4v) is 1.72. The van der Waals surface area contributed by atoms with Crippen LogP contribution in [-0.4, -0.2) is 24.2 Å². The van der Waals surface area contributed by atoms with Crippen LogP contribution in [0.3, 0.4) is 0 Å². The highest BCUT2D eigenvalue weighted by atomic mass is 35.5. The Balaban J connectivity index is 2.36. The molecular weight excluding hydrogens is 222 g/mol. The van der Waals surface area contributed by atoms with Crippen LogP contribution < -0.4 is 0 Å². The van der Waals surface area contributed by atoms with Crippen LogP contribution in [-0.2, 0) is 9.31 Å². The van der Waals surface area contributed by atoms with E-state index in [1.54, 1.807) is 0 Å². The van der Waals surface area contributed by atoms with Gasteiger partial charge in [-0.15, -0.1) is 11.6 Å². The molecule has 1 aliphatic heterocycles. The second-order valence-corrected chi connectivity index (χ2v) is 5.62. The van der Waals surface area contributed by atoms with Gasteiger partial charge in [0.25, 0.3) is 0 Å². The molecule has 0 spiro atoms. The molecule has 92 valence electrons. The zero-order chi connectivity index (χ0) is 12.2. The minimum Gasteiger partial charge on any atom is -0.400 e. The smallest absolute Gasteiger partial charge is 0.400 e. The summed E-state index contributed by atoms with van der Waals surface area (Å²) in [5.74, 6) is 2.75. The first-order valence-corrected chi connectivity index (χ1v) is 6.51. The van der Waals surface area contributed by atoms with Crippen molar-refractivity contribution in [3.8, 4) is 0 Å². The summed E-state index contributed by atoms with van der Waals surface area (Å²) in [5.41, 5.74) is -0.476. The van der Waals surface area contributed by atoms with Crippen molar-refractivity contribution in [2.75, 3.05) is 5.88 Å². The number of alkyl halides is 1. The molecule has 1 saturated heterocycles. The van der Waals surface area contributed by atoms with Crippen molar-refractivity contribution in [3.63, 3.8) is 0 Å². The number of hydrogen-bond donors (Lipinski definition) is 0. The third kappa shape index (κ3) is 3.51. The van der Waals surface area contributed by atoms with Crippen LogP contribution in [0, 0.1) is 0 Å². The Labute approximate surface area is 104 Å². The van der Waals surface area contributed by atoms with E-state index in [9.17, 15) is 0 Å². The predicted octanol–water partition coefficient (Wildman–Crippen LogP) is 3.58. The van der Waals surface area contributed by atoms with Gasteiger partial charge in [0.15, 0.2) is 0 Å². The molecule has 1 rings (SSSR count). The summed E-state index contributed by atoms with van der Waals surface area (Å²) in [6.45, 7) is 8.26. The SMILES string of the molecule is CC1(C)OB(C=CCCCCCl)OC1(C)C. The molecule has 16 heavy (non-hydrogen) atoms. The van der Waals surface area contributed by atoms with Gasteiger partial charge >= 0.3 is 7.12 Å². The van der Waals surface area contributed by atoms with E-state index in [0.29, 0.717) is 0 Å². The number of allylic oxidation sites excluding steroid dienone is 1. The molecule has 0 N–H and O–H groups in total. The third-order valence-corrected chi connectivity index (χ3v) is 3.59. The van der Waals surface area contributed by atoms with Crippen molar-refractivity contribution < 1.29 is 9.31 Å². The zero-order valence-corrected chi connectivity index (χ0v) is 11.5. The quantitative estimate of drug-likeness (QED) is 0.418. The molecular formula is C12H22BClO2. The van der Waals surface area contributed by atoms with Crippen molar-refractivity contribution in [2.45, 2.75) is 58.2 Å². The van der Waals surface area contributed by atoms with E-state index in [4.69, 9.17) is 20.9 Å². The Morgan fingerprint density at radius 2 is 1.62 bits per heavy atom. The third-order valence-electron chi connectivity index (χ3n) is 3.32. The first kappa shape index (κ1) is 14.1. The second-order valence-electron chi connectivity index (χ2n) is 5.24. The highest BCUT2D eigenvalue weighted by molar-refractivity contribution is 6.51. The van der Waals surface area contributed by atoms with Crippen LogP contribution in [0.2, 0.25) is 0 Å². The van der Waals surface area contributed by atoms with Gasteiger partial charge in [0.2, 0.25) is 0 Å². The predicted molar refractivity (Wildman–Crippen MR) is 69.8 cm³/mol. The number of rotatable bonds is 5. The molecule has 2 nitrogen and oxygen atoms in total. The topological polar surface area (TPSA) is 18.5 Å². The number of halogens is 1. The van der Waals surface area contributed by atoms with E-state index in [1.165, 1.54) is 0 Å². The van der Waals surface area contributed by atoms with E-state index in [1.807, 2.05) is 5.98 Å². The second kappa shape index (κ2) is 5.57. The summed E-state index contributed by atoms with van der Waals surface area (Å²) in [4.78, 5) is 0. The number of hydrogen-bond acceptors (Lipinski definition) is 2. The lowest BCUT2D eigenvalue weighted by Crippen LogP contribution is -2.41. The van der Waals surface area contributed by atoms with Crippen LogP contribution >= 0.6 is 11.6 Å². The number of unbranched alkanes of at least 4 members (excludes halogenated alkanes) is 2.